The summed E-state index contributed by atoms with van der Waals surface area (Å²) in [5.74, 6) is 0.387. The summed E-state index contributed by atoms with van der Waals surface area (Å²) in [6, 6.07) is 17.1. The summed E-state index contributed by atoms with van der Waals surface area (Å²) in [6.07, 6.45) is 1.51. The monoisotopic (exact) mass is 393 g/mol. The average molecular weight is 393 g/mol. The van der Waals surface area contributed by atoms with Gasteiger partial charge in [-0.1, -0.05) is 24.3 Å². The number of hydrogen-bond donors (Lipinski definition) is 2. The zero-order valence-electron chi connectivity index (χ0n) is 15.1. The third kappa shape index (κ3) is 4.17. The SMILES string of the molecule is O=C1C(=Cc2cccc([NH+]([O-])O)c2)Oc2cc(OCc3ccc(F)cc3)ccc21. The first-order chi connectivity index (χ1) is 14.0. The van der Waals surface area contributed by atoms with E-state index < -0.39 is 5.23 Å². The summed E-state index contributed by atoms with van der Waals surface area (Å²) in [5, 5.41) is 19.1. The highest BCUT2D eigenvalue weighted by Crippen LogP contribution is 2.35. The molecular formula is C22H16FNO5. The van der Waals surface area contributed by atoms with E-state index in [1.165, 1.54) is 30.3 Å². The molecule has 146 valence electrons. The quantitative estimate of drug-likeness (QED) is 0.513. The molecular weight excluding hydrogens is 377 g/mol. The van der Waals surface area contributed by atoms with Crippen molar-refractivity contribution in [3.05, 3.63) is 100 Å². The lowest BCUT2D eigenvalue weighted by molar-refractivity contribution is -0.991. The number of quaternary nitrogens is 1. The van der Waals surface area contributed by atoms with E-state index in [2.05, 4.69) is 0 Å². The lowest BCUT2D eigenvalue weighted by Gasteiger charge is -2.11. The molecule has 6 nitrogen and oxygen atoms in total. The molecule has 0 amide bonds. The van der Waals surface area contributed by atoms with Crippen molar-refractivity contribution >= 4 is 17.5 Å². The number of carbonyl (C=O) groups is 1. The van der Waals surface area contributed by atoms with Crippen LogP contribution in [0, 0.1) is 11.0 Å². The Morgan fingerprint density at radius 2 is 1.90 bits per heavy atom. The van der Waals surface area contributed by atoms with Gasteiger partial charge in [0.1, 0.15) is 23.9 Å². The zero-order chi connectivity index (χ0) is 20.4. The Bertz CT molecular complexity index is 1090. The van der Waals surface area contributed by atoms with Gasteiger partial charge in [-0.05, 0) is 41.5 Å². The average Bonchev–Trinajstić information content (AvgIpc) is 3.02. The van der Waals surface area contributed by atoms with Crippen LogP contribution in [0.25, 0.3) is 6.08 Å². The van der Waals surface area contributed by atoms with Gasteiger partial charge < -0.3 is 14.7 Å². The minimum atomic E-state index is -1.05. The first-order valence-corrected chi connectivity index (χ1v) is 8.78. The highest BCUT2D eigenvalue weighted by Gasteiger charge is 2.27. The van der Waals surface area contributed by atoms with Crippen LogP contribution in [0.2, 0.25) is 0 Å². The second-order valence-electron chi connectivity index (χ2n) is 6.44. The van der Waals surface area contributed by atoms with Crippen molar-refractivity contribution in [1.29, 1.82) is 0 Å². The lowest BCUT2D eigenvalue weighted by Crippen LogP contribution is -2.99. The molecule has 0 aromatic heterocycles. The summed E-state index contributed by atoms with van der Waals surface area (Å²) >= 11 is 0. The van der Waals surface area contributed by atoms with Gasteiger partial charge in [0.15, 0.2) is 11.4 Å². The number of ketones is 1. The number of rotatable bonds is 5. The maximum atomic E-state index is 13.0. The molecule has 0 saturated carbocycles. The fraction of sp³-hybridized carbons (Fsp3) is 0.0455. The topological polar surface area (TPSA) is 83.3 Å². The number of halogens is 1. The van der Waals surface area contributed by atoms with Crippen LogP contribution < -0.4 is 14.7 Å². The zero-order valence-corrected chi connectivity index (χ0v) is 15.1. The molecule has 1 unspecified atom stereocenters. The van der Waals surface area contributed by atoms with Gasteiger partial charge in [0.2, 0.25) is 5.78 Å². The standard InChI is InChI=1S/C22H16FNO5/c23-16-6-4-14(5-7-16)13-28-18-8-9-19-20(12-18)29-21(22(19)25)11-15-2-1-3-17(10-15)24(26)27/h1-12,24,26H,13H2. The van der Waals surface area contributed by atoms with Gasteiger partial charge >= 0.3 is 0 Å². The molecule has 0 bridgehead atoms. The fourth-order valence-electron chi connectivity index (χ4n) is 2.92. The molecule has 1 aliphatic heterocycles. The van der Waals surface area contributed by atoms with E-state index in [1.54, 1.807) is 42.5 Å². The highest BCUT2D eigenvalue weighted by atomic mass is 19.1. The third-order valence-corrected chi connectivity index (χ3v) is 4.39. The van der Waals surface area contributed by atoms with Gasteiger partial charge in [0, 0.05) is 18.2 Å². The van der Waals surface area contributed by atoms with Crippen molar-refractivity contribution in [3.63, 3.8) is 0 Å². The predicted octanol–water partition coefficient (Wildman–Crippen LogP) is 3.42. The summed E-state index contributed by atoms with van der Waals surface area (Å²) < 4.78 is 24.3. The molecule has 1 atom stereocenters. The molecule has 1 heterocycles. The van der Waals surface area contributed by atoms with Crippen LogP contribution in [0.4, 0.5) is 10.1 Å². The summed E-state index contributed by atoms with van der Waals surface area (Å²) in [5.41, 5.74) is 1.88. The molecule has 0 saturated heterocycles. The predicted molar refractivity (Wildman–Crippen MR) is 102 cm³/mol. The molecule has 7 heteroatoms. The normalized spacial score (nSPS) is 15.1. The molecule has 3 aromatic rings. The van der Waals surface area contributed by atoms with E-state index in [0.717, 1.165) is 5.56 Å². The van der Waals surface area contributed by atoms with Crippen LogP contribution in [0.1, 0.15) is 21.5 Å². The maximum absolute atomic E-state index is 13.0. The van der Waals surface area contributed by atoms with Crippen LogP contribution in [0.5, 0.6) is 11.5 Å². The first kappa shape index (κ1) is 18.8. The first-order valence-electron chi connectivity index (χ1n) is 8.78. The number of Topliss-reactive ketones (excluding diaryl/α,β-unsaturated/α-hetero) is 1. The van der Waals surface area contributed by atoms with Crippen molar-refractivity contribution < 1.29 is 29.1 Å². The molecule has 1 aliphatic rings. The van der Waals surface area contributed by atoms with Crippen molar-refractivity contribution in [2.45, 2.75) is 6.61 Å². The van der Waals surface area contributed by atoms with Gasteiger partial charge in [0.25, 0.3) is 0 Å². The van der Waals surface area contributed by atoms with E-state index in [4.69, 9.17) is 14.7 Å². The van der Waals surface area contributed by atoms with Crippen molar-refractivity contribution in [2.75, 3.05) is 0 Å². The van der Waals surface area contributed by atoms with E-state index >= 15 is 0 Å². The van der Waals surface area contributed by atoms with Gasteiger partial charge in [-0.2, -0.15) is 5.23 Å². The van der Waals surface area contributed by atoms with Gasteiger partial charge in [-0.25, -0.2) is 9.60 Å². The van der Waals surface area contributed by atoms with E-state index in [-0.39, 0.29) is 29.7 Å². The Morgan fingerprint density at radius 3 is 2.66 bits per heavy atom. The Balaban J connectivity index is 1.51. The molecule has 0 spiro atoms. The molecule has 0 radical (unpaired) electrons. The largest absolute Gasteiger partial charge is 0.595 e. The van der Waals surface area contributed by atoms with Gasteiger partial charge in [0.05, 0.1) is 5.56 Å². The van der Waals surface area contributed by atoms with Crippen molar-refractivity contribution in [1.82, 2.24) is 0 Å². The minimum absolute atomic E-state index is 0.109. The van der Waals surface area contributed by atoms with Crippen LogP contribution >= 0.6 is 0 Å². The van der Waals surface area contributed by atoms with Crippen LogP contribution in [-0.2, 0) is 6.61 Å². The van der Waals surface area contributed by atoms with Crippen molar-refractivity contribution in [3.8, 4) is 11.5 Å². The second kappa shape index (κ2) is 7.84. The molecule has 0 fully saturated rings. The fourth-order valence-corrected chi connectivity index (χ4v) is 2.92. The number of carbonyl (C=O) groups excluding carboxylic acids is 1. The number of benzene rings is 3. The Morgan fingerprint density at radius 1 is 1.10 bits per heavy atom. The molecule has 2 N–H and O–H groups in total. The molecule has 29 heavy (non-hydrogen) atoms. The van der Waals surface area contributed by atoms with Gasteiger partial charge in [-0.15, -0.1) is 0 Å². The van der Waals surface area contributed by atoms with Crippen LogP contribution in [-0.4, -0.2) is 11.0 Å². The Hall–Kier alpha value is -3.52. The van der Waals surface area contributed by atoms with Crippen molar-refractivity contribution in [2.24, 2.45) is 0 Å². The molecule has 3 aromatic carbocycles. The summed E-state index contributed by atoms with van der Waals surface area (Å²) in [7, 11) is 0. The Kier molecular flexibility index (Phi) is 5.09. The number of nitrogens with one attached hydrogen (secondary N) is 1. The Labute approximate surface area is 165 Å². The van der Waals surface area contributed by atoms with Crippen LogP contribution in [0.15, 0.2) is 72.5 Å². The van der Waals surface area contributed by atoms with E-state index in [1.807, 2.05) is 0 Å². The lowest BCUT2D eigenvalue weighted by atomic mass is 10.1. The molecule has 4 rings (SSSR count). The molecule has 0 aliphatic carbocycles. The number of allylic oxidation sites excluding steroid dienone is 1. The smallest absolute Gasteiger partial charge is 0.231 e. The maximum Gasteiger partial charge on any atom is 0.231 e. The third-order valence-electron chi connectivity index (χ3n) is 4.39. The highest BCUT2D eigenvalue weighted by molar-refractivity contribution is 6.14. The number of ether oxygens (including phenoxy) is 2. The van der Waals surface area contributed by atoms with Crippen LogP contribution in [0.3, 0.4) is 0 Å². The van der Waals surface area contributed by atoms with E-state index in [0.29, 0.717) is 22.6 Å². The second-order valence-corrected chi connectivity index (χ2v) is 6.44. The van der Waals surface area contributed by atoms with E-state index in [9.17, 15) is 14.4 Å². The minimum Gasteiger partial charge on any atom is -0.595 e. The number of hydrogen-bond acceptors (Lipinski definition) is 5. The number of fused-ring (bicyclic) bond motifs is 1. The van der Waals surface area contributed by atoms with Gasteiger partial charge in [-0.3, -0.25) is 4.79 Å². The summed E-state index contributed by atoms with van der Waals surface area (Å²) in [4.78, 5) is 12.6. The summed E-state index contributed by atoms with van der Waals surface area (Å²) in [6.45, 7) is 0.248.